The quantitative estimate of drug-likeness (QED) is 0.838. The van der Waals surface area contributed by atoms with Gasteiger partial charge in [-0.2, -0.15) is 0 Å². The number of likely N-dealkylation sites (tertiary alicyclic amines) is 1. The van der Waals surface area contributed by atoms with Crippen LogP contribution in [0.2, 0.25) is 0 Å². The second-order valence-corrected chi connectivity index (χ2v) is 8.02. The van der Waals surface area contributed by atoms with Gasteiger partial charge in [-0.05, 0) is 75.3 Å². The second kappa shape index (κ2) is 6.95. The van der Waals surface area contributed by atoms with Gasteiger partial charge in [-0.1, -0.05) is 6.07 Å². The molecule has 1 aliphatic heterocycles. The Labute approximate surface area is 160 Å². The molecule has 1 unspecified atom stereocenters. The molecule has 0 bridgehead atoms. The van der Waals surface area contributed by atoms with E-state index in [1.165, 1.54) is 22.4 Å². The van der Waals surface area contributed by atoms with Crippen LogP contribution in [-0.2, 0) is 16.6 Å². The monoisotopic (exact) mass is 365 g/mol. The summed E-state index contributed by atoms with van der Waals surface area (Å²) in [6.07, 6.45) is 6.14. The molecule has 5 heteroatoms. The van der Waals surface area contributed by atoms with Gasteiger partial charge in [0.05, 0.1) is 5.69 Å². The van der Waals surface area contributed by atoms with E-state index in [2.05, 4.69) is 18.8 Å². The zero-order valence-corrected chi connectivity index (χ0v) is 16.4. The maximum Gasteiger partial charge on any atom is 0.260 e. The number of carbonyl (C=O) groups excluding carboxylic acids is 1. The number of nitrogens with zero attached hydrogens (tertiary/aromatic N) is 3. The minimum Gasteiger partial charge on any atom is -0.484 e. The molecule has 1 aromatic heterocycles. The fourth-order valence-electron chi connectivity index (χ4n) is 4.41. The van der Waals surface area contributed by atoms with Crippen LogP contribution in [0.5, 0.6) is 5.75 Å². The number of hydrogen-bond donors (Lipinski definition) is 0. The van der Waals surface area contributed by atoms with E-state index in [0.717, 1.165) is 50.3 Å². The Morgan fingerprint density at radius 3 is 2.89 bits per heavy atom. The highest BCUT2D eigenvalue weighted by molar-refractivity contribution is 5.78. The van der Waals surface area contributed by atoms with Gasteiger partial charge in [0.1, 0.15) is 11.6 Å². The molecule has 0 N–H and O–H groups in total. The normalized spacial score (nSPS) is 21.4. The lowest BCUT2D eigenvalue weighted by Gasteiger charge is -2.40. The molecular formula is C22H27N3O2. The maximum absolute atomic E-state index is 12.8. The molecule has 0 radical (unpaired) electrons. The lowest BCUT2D eigenvalue weighted by atomic mass is 9.77. The molecule has 1 amide bonds. The van der Waals surface area contributed by atoms with Gasteiger partial charge in [-0.25, -0.2) is 9.97 Å². The molecule has 2 aliphatic rings. The lowest BCUT2D eigenvalue weighted by molar-refractivity contribution is -0.135. The third-order valence-corrected chi connectivity index (χ3v) is 6.13. The number of carbonyl (C=O) groups is 1. The van der Waals surface area contributed by atoms with Crippen molar-refractivity contribution in [2.45, 2.75) is 51.9 Å². The van der Waals surface area contributed by atoms with Gasteiger partial charge < -0.3 is 9.64 Å². The zero-order chi connectivity index (χ0) is 19.0. The molecule has 1 spiro atoms. The molecule has 5 nitrogen and oxygen atoms in total. The van der Waals surface area contributed by atoms with Gasteiger partial charge in [0.2, 0.25) is 0 Å². The molecule has 27 heavy (non-hydrogen) atoms. The standard InChI is InChI=1S/C22H27N3O2/c1-15-5-6-19(11-16(15)2)27-13-20(26)25-10-4-8-22(14-25)9-7-18-12-23-17(3)24-21(18)22/h5-6,11-12H,4,7-10,13-14H2,1-3H3. The second-order valence-electron chi connectivity index (χ2n) is 8.02. The first-order valence-corrected chi connectivity index (χ1v) is 9.78. The third kappa shape index (κ3) is 3.43. The van der Waals surface area contributed by atoms with E-state index in [-0.39, 0.29) is 17.9 Å². The lowest BCUT2D eigenvalue weighted by Crippen LogP contribution is -2.49. The summed E-state index contributed by atoms with van der Waals surface area (Å²) in [5, 5.41) is 0. The minimum atomic E-state index is -0.00259. The number of piperidine rings is 1. The van der Waals surface area contributed by atoms with Crippen molar-refractivity contribution in [2.24, 2.45) is 0 Å². The summed E-state index contributed by atoms with van der Waals surface area (Å²) in [4.78, 5) is 23.9. The van der Waals surface area contributed by atoms with Crippen molar-refractivity contribution < 1.29 is 9.53 Å². The van der Waals surface area contributed by atoms with E-state index in [9.17, 15) is 4.79 Å². The Morgan fingerprint density at radius 1 is 1.22 bits per heavy atom. The average molecular weight is 365 g/mol. The zero-order valence-electron chi connectivity index (χ0n) is 16.4. The van der Waals surface area contributed by atoms with E-state index in [4.69, 9.17) is 9.72 Å². The number of aryl methyl sites for hydroxylation is 4. The molecule has 1 fully saturated rings. The maximum atomic E-state index is 12.8. The number of benzene rings is 1. The van der Waals surface area contributed by atoms with Crippen LogP contribution >= 0.6 is 0 Å². The van der Waals surface area contributed by atoms with Crippen LogP contribution in [0.25, 0.3) is 0 Å². The Balaban J connectivity index is 1.45. The van der Waals surface area contributed by atoms with Crippen molar-refractivity contribution >= 4 is 5.91 Å². The minimum absolute atomic E-state index is 0.00259. The van der Waals surface area contributed by atoms with Crippen molar-refractivity contribution in [3.05, 3.63) is 52.6 Å². The van der Waals surface area contributed by atoms with Crippen molar-refractivity contribution in [3.8, 4) is 5.75 Å². The number of rotatable bonds is 3. The molecule has 1 saturated heterocycles. The molecule has 0 saturated carbocycles. The number of aromatic nitrogens is 2. The van der Waals surface area contributed by atoms with Crippen LogP contribution in [0, 0.1) is 20.8 Å². The van der Waals surface area contributed by atoms with Gasteiger partial charge >= 0.3 is 0 Å². The highest BCUT2D eigenvalue weighted by Gasteiger charge is 2.44. The van der Waals surface area contributed by atoms with Crippen LogP contribution in [-0.4, -0.2) is 40.5 Å². The topological polar surface area (TPSA) is 55.3 Å². The van der Waals surface area contributed by atoms with Crippen LogP contribution in [0.3, 0.4) is 0 Å². The first-order valence-electron chi connectivity index (χ1n) is 9.78. The van der Waals surface area contributed by atoms with E-state index >= 15 is 0 Å². The van der Waals surface area contributed by atoms with Crippen molar-refractivity contribution in [2.75, 3.05) is 19.7 Å². The summed E-state index contributed by atoms with van der Waals surface area (Å²) in [6, 6.07) is 5.95. The van der Waals surface area contributed by atoms with Gasteiger partial charge in [-0.15, -0.1) is 0 Å². The summed E-state index contributed by atoms with van der Waals surface area (Å²) >= 11 is 0. The van der Waals surface area contributed by atoms with E-state index in [1.54, 1.807) is 0 Å². The van der Waals surface area contributed by atoms with Gasteiger partial charge in [0.15, 0.2) is 6.61 Å². The third-order valence-electron chi connectivity index (χ3n) is 6.13. The fourth-order valence-corrected chi connectivity index (χ4v) is 4.41. The summed E-state index contributed by atoms with van der Waals surface area (Å²) in [5.74, 6) is 1.64. The highest BCUT2D eigenvalue weighted by Crippen LogP contribution is 2.43. The van der Waals surface area contributed by atoms with Crippen LogP contribution in [0.1, 0.15) is 47.5 Å². The van der Waals surface area contributed by atoms with E-state index in [1.807, 2.05) is 36.2 Å². The summed E-state index contributed by atoms with van der Waals surface area (Å²) in [7, 11) is 0. The van der Waals surface area contributed by atoms with E-state index in [0.29, 0.717) is 0 Å². The van der Waals surface area contributed by atoms with Gasteiger partial charge in [0, 0.05) is 24.7 Å². The summed E-state index contributed by atoms with van der Waals surface area (Å²) in [6.45, 7) is 7.70. The predicted octanol–water partition coefficient (Wildman–Crippen LogP) is 3.29. The molecule has 1 aliphatic carbocycles. The molecular weight excluding hydrogens is 338 g/mol. The fraction of sp³-hybridized carbons (Fsp3) is 0.500. The van der Waals surface area contributed by atoms with Crippen molar-refractivity contribution in [1.82, 2.24) is 14.9 Å². The Hall–Kier alpha value is -2.43. The Morgan fingerprint density at radius 2 is 2.07 bits per heavy atom. The Kier molecular flexibility index (Phi) is 4.62. The highest BCUT2D eigenvalue weighted by atomic mass is 16.5. The summed E-state index contributed by atoms with van der Waals surface area (Å²) in [5.41, 5.74) is 4.82. The smallest absolute Gasteiger partial charge is 0.260 e. The largest absolute Gasteiger partial charge is 0.484 e. The first-order chi connectivity index (χ1) is 13.0. The van der Waals surface area contributed by atoms with Gasteiger partial charge in [-0.3, -0.25) is 4.79 Å². The van der Waals surface area contributed by atoms with Crippen LogP contribution in [0.15, 0.2) is 24.4 Å². The van der Waals surface area contributed by atoms with Gasteiger partial charge in [0.25, 0.3) is 5.91 Å². The van der Waals surface area contributed by atoms with E-state index < -0.39 is 0 Å². The van der Waals surface area contributed by atoms with Crippen molar-refractivity contribution in [1.29, 1.82) is 0 Å². The molecule has 2 aromatic rings. The number of amides is 1. The number of hydrogen-bond acceptors (Lipinski definition) is 4. The molecule has 4 rings (SSSR count). The number of ether oxygens (including phenoxy) is 1. The predicted molar refractivity (Wildman–Crippen MR) is 104 cm³/mol. The van der Waals surface area contributed by atoms with Crippen LogP contribution < -0.4 is 4.74 Å². The first kappa shape index (κ1) is 18.0. The Bertz CT molecular complexity index is 876. The average Bonchev–Trinajstić information content (AvgIpc) is 3.00. The SMILES string of the molecule is Cc1ncc2c(n1)C1(CCCN(C(=O)COc3ccc(C)c(C)c3)C1)CC2. The van der Waals surface area contributed by atoms with Crippen LogP contribution in [0.4, 0.5) is 0 Å². The number of fused-ring (bicyclic) bond motifs is 2. The summed E-state index contributed by atoms with van der Waals surface area (Å²) < 4.78 is 5.78. The molecule has 142 valence electrons. The molecule has 2 heterocycles. The van der Waals surface area contributed by atoms with Crippen molar-refractivity contribution in [3.63, 3.8) is 0 Å². The molecule has 1 atom stereocenters. The molecule has 1 aromatic carbocycles.